The minimum atomic E-state index is -3.63. The molecule has 7 nitrogen and oxygen atoms in total. The van der Waals surface area contributed by atoms with Crippen LogP contribution in [0.5, 0.6) is 0 Å². The first-order valence-electron chi connectivity index (χ1n) is 10.3. The molecular weight excluding hydrogens is 416 g/mol. The summed E-state index contributed by atoms with van der Waals surface area (Å²) in [7, 11) is -2.47. The lowest BCUT2D eigenvalue weighted by Gasteiger charge is -2.22. The second kappa shape index (κ2) is 8.64. The van der Waals surface area contributed by atoms with E-state index < -0.39 is 21.8 Å². The number of sulfonamides is 1. The molecule has 1 aromatic heterocycles. The number of carbonyl (C=O) groups excluding carboxylic acids is 2. The summed E-state index contributed by atoms with van der Waals surface area (Å²) in [5, 5.41) is 0.601. The fourth-order valence-electron chi connectivity index (χ4n) is 4.10. The smallest absolute Gasteiger partial charge is 0.379 e. The summed E-state index contributed by atoms with van der Waals surface area (Å²) in [5.74, 6) is -1.72. The van der Waals surface area contributed by atoms with Gasteiger partial charge in [-0.15, -0.1) is 0 Å². The van der Waals surface area contributed by atoms with E-state index >= 15 is 0 Å². The number of H-pyrrole nitrogens is 1. The Morgan fingerprint density at radius 3 is 2.35 bits per heavy atom. The Balaban J connectivity index is 1.69. The van der Waals surface area contributed by atoms with Gasteiger partial charge in [-0.1, -0.05) is 49.6 Å². The SMILES string of the molecule is COC(=O)C(=O)c1c(-c2ccc(S(=O)(=O)NC3CCCCC3)cc2)[nH]c2ccccc12. The first-order chi connectivity index (χ1) is 14.9. The van der Waals surface area contributed by atoms with Crippen molar-refractivity contribution >= 4 is 32.7 Å². The van der Waals surface area contributed by atoms with E-state index in [9.17, 15) is 18.0 Å². The molecule has 0 unspecified atom stereocenters. The van der Waals surface area contributed by atoms with Gasteiger partial charge in [0, 0.05) is 16.9 Å². The van der Waals surface area contributed by atoms with Crippen molar-refractivity contribution in [3.8, 4) is 11.3 Å². The maximum Gasteiger partial charge on any atom is 0.379 e. The van der Waals surface area contributed by atoms with Crippen LogP contribution in [0.1, 0.15) is 42.5 Å². The second-order valence-corrected chi connectivity index (χ2v) is 9.44. The van der Waals surface area contributed by atoms with Crippen molar-refractivity contribution < 1.29 is 22.7 Å². The van der Waals surface area contributed by atoms with Gasteiger partial charge in [-0.2, -0.15) is 0 Å². The third kappa shape index (κ3) is 4.26. The maximum absolute atomic E-state index is 12.8. The van der Waals surface area contributed by atoms with E-state index in [1.807, 2.05) is 6.07 Å². The van der Waals surface area contributed by atoms with Crippen LogP contribution in [0.2, 0.25) is 0 Å². The Hall–Kier alpha value is -2.97. The fourth-order valence-corrected chi connectivity index (χ4v) is 5.40. The second-order valence-electron chi connectivity index (χ2n) is 7.72. The summed E-state index contributed by atoms with van der Waals surface area (Å²) >= 11 is 0. The van der Waals surface area contributed by atoms with Gasteiger partial charge in [0.1, 0.15) is 0 Å². The predicted molar refractivity (Wildman–Crippen MR) is 117 cm³/mol. The highest BCUT2D eigenvalue weighted by molar-refractivity contribution is 7.89. The highest BCUT2D eigenvalue weighted by atomic mass is 32.2. The molecule has 0 atom stereocenters. The van der Waals surface area contributed by atoms with E-state index in [4.69, 9.17) is 0 Å². The first kappa shape index (κ1) is 21.3. The number of ketones is 1. The molecule has 162 valence electrons. The topological polar surface area (TPSA) is 105 Å². The van der Waals surface area contributed by atoms with Gasteiger partial charge >= 0.3 is 5.97 Å². The molecule has 3 aromatic rings. The standard InChI is InChI=1S/C23H24N2O5S/c1-30-23(27)22(26)20-18-9-5-6-10-19(18)24-21(20)15-11-13-17(14-12-15)31(28,29)25-16-7-3-2-4-8-16/h5-6,9-14,16,24-25H,2-4,7-8H2,1H3. The molecular formula is C23H24N2O5S. The molecule has 8 heteroatoms. The molecule has 1 heterocycles. The van der Waals surface area contributed by atoms with Crippen LogP contribution in [-0.2, 0) is 19.6 Å². The number of carbonyl (C=O) groups is 2. The lowest BCUT2D eigenvalue weighted by molar-refractivity contribution is -0.135. The molecule has 2 aromatic carbocycles. The minimum absolute atomic E-state index is 0.0311. The van der Waals surface area contributed by atoms with Gasteiger partial charge in [0.05, 0.1) is 23.3 Å². The maximum atomic E-state index is 12.8. The number of Topliss-reactive ketones (excluding diaryl/α,β-unsaturated/α-hetero) is 1. The Bertz CT molecular complexity index is 1220. The fraction of sp³-hybridized carbons (Fsp3) is 0.304. The average Bonchev–Trinajstić information content (AvgIpc) is 3.18. The van der Waals surface area contributed by atoms with Gasteiger partial charge in [0.15, 0.2) is 0 Å². The van der Waals surface area contributed by atoms with Crippen LogP contribution in [0.25, 0.3) is 22.2 Å². The molecule has 1 fully saturated rings. The van der Waals surface area contributed by atoms with Crippen molar-refractivity contribution in [3.63, 3.8) is 0 Å². The molecule has 0 amide bonds. The van der Waals surface area contributed by atoms with Crippen LogP contribution < -0.4 is 4.72 Å². The number of fused-ring (bicyclic) bond motifs is 1. The van der Waals surface area contributed by atoms with Crippen LogP contribution in [0, 0.1) is 0 Å². The third-order valence-corrected chi connectivity index (χ3v) is 7.22. The summed E-state index contributed by atoms with van der Waals surface area (Å²) in [4.78, 5) is 28.0. The summed E-state index contributed by atoms with van der Waals surface area (Å²) in [6.07, 6.45) is 4.91. The average molecular weight is 441 g/mol. The molecule has 1 aliphatic rings. The summed E-state index contributed by atoms with van der Waals surface area (Å²) in [6.45, 7) is 0. The lowest BCUT2D eigenvalue weighted by Crippen LogP contribution is -2.36. The Labute approximate surface area is 180 Å². The number of hydrogen-bond donors (Lipinski definition) is 2. The van der Waals surface area contributed by atoms with Crippen LogP contribution in [0.15, 0.2) is 53.4 Å². The van der Waals surface area contributed by atoms with Crippen molar-refractivity contribution in [2.45, 2.75) is 43.0 Å². The predicted octanol–water partition coefficient (Wildman–Crippen LogP) is 3.80. The summed E-state index contributed by atoms with van der Waals surface area (Å²) in [6, 6.07) is 13.4. The number of aromatic nitrogens is 1. The van der Waals surface area contributed by atoms with Gasteiger partial charge in [0.25, 0.3) is 5.78 Å². The number of nitrogens with one attached hydrogen (secondary N) is 2. The van der Waals surface area contributed by atoms with E-state index in [1.165, 1.54) is 12.1 Å². The number of benzene rings is 2. The summed E-state index contributed by atoms with van der Waals surface area (Å²) < 4.78 is 32.9. The lowest BCUT2D eigenvalue weighted by atomic mass is 9.96. The van der Waals surface area contributed by atoms with Crippen molar-refractivity contribution in [3.05, 3.63) is 54.1 Å². The zero-order valence-corrected chi connectivity index (χ0v) is 18.0. The van der Waals surface area contributed by atoms with Crippen molar-refractivity contribution in [1.82, 2.24) is 9.71 Å². The summed E-state index contributed by atoms with van der Waals surface area (Å²) in [5.41, 5.74) is 1.94. The zero-order valence-electron chi connectivity index (χ0n) is 17.2. The monoisotopic (exact) mass is 440 g/mol. The van der Waals surface area contributed by atoms with Gasteiger partial charge < -0.3 is 9.72 Å². The Kier molecular flexibility index (Phi) is 5.93. The van der Waals surface area contributed by atoms with E-state index in [2.05, 4.69) is 14.4 Å². The number of esters is 1. The highest BCUT2D eigenvalue weighted by Crippen LogP contribution is 2.32. The van der Waals surface area contributed by atoms with Crippen LogP contribution in [0.3, 0.4) is 0 Å². The quantitative estimate of drug-likeness (QED) is 0.345. The first-order valence-corrected chi connectivity index (χ1v) is 11.7. The molecule has 1 aliphatic carbocycles. The Morgan fingerprint density at radius 1 is 1.00 bits per heavy atom. The molecule has 2 N–H and O–H groups in total. The van der Waals surface area contributed by atoms with Gasteiger partial charge in [-0.3, -0.25) is 4.79 Å². The third-order valence-electron chi connectivity index (χ3n) is 5.68. The minimum Gasteiger partial charge on any atom is -0.463 e. The molecule has 0 bridgehead atoms. The van der Waals surface area contributed by atoms with E-state index in [1.54, 1.807) is 30.3 Å². The number of rotatable bonds is 6. The normalized spacial score (nSPS) is 15.1. The van der Waals surface area contributed by atoms with E-state index in [-0.39, 0.29) is 16.5 Å². The Morgan fingerprint density at radius 2 is 1.68 bits per heavy atom. The van der Waals surface area contributed by atoms with Crippen LogP contribution in [0.4, 0.5) is 0 Å². The highest BCUT2D eigenvalue weighted by Gasteiger charge is 2.26. The number of para-hydroxylation sites is 1. The van der Waals surface area contributed by atoms with E-state index in [0.717, 1.165) is 39.2 Å². The molecule has 0 aliphatic heterocycles. The van der Waals surface area contributed by atoms with Gasteiger partial charge in [-0.05, 0) is 36.6 Å². The molecule has 0 spiro atoms. The van der Waals surface area contributed by atoms with Gasteiger partial charge in [-0.25, -0.2) is 17.9 Å². The number of aromatic amines is 1. The van der Waals surface area contributed by atoms with Crippen molar-refractivity contribution in [2.75, 3.05) is 7.11 Å². The van der Waals surface area contributed by atoms with Crippen LogP contribution >= 0.6 is 0 Å². The molecule has 31 heavy (non-hydrogen) atoms. The number of ether oxygens (including phenoxy) is 1. The molecule has 4 rings (SSSR count). The van der Waals surface area contributed by atoms with Gasteiger partial charge in [0.2, 0.25) is 10.0 Å². The molecule has 1 saturated carbocycles. The molecule has 0 radical (unpaired) electrons. The van der Waals surface area contributed by atoms with Crippen molar-refractivity contribution in [2.24, 2.45) is 0 Å². The largest absolute Gasteiger partial charge is 0.463 e. The number of hydrogen-bond acceptors (Lipinski definition) is 5. The van der Waals surface area contributed by atoms with Crippen molar-refractivity contribution in [1.29, 1.82) is 0 Å². The van der Waals surface area contributed by atoms with E-state index in [0.29, 0.717) is 22.2 Å². The molecule has 0 saturated heterocycles. The van der Waals surface area contributed by atoms with Crippen LogP contribution in [-0.4, -0.2) is 38.3 Å². The zero-order chi connectivity index (χ0) is 22.0. The number of methoxy groups -OCH3 is 1.